The highest BCUT2D eigenvalue weighted by atomic mass is 32.1. The van der Waals surface area contributed by atoms with Crippen molar-refractivity contribution >= 4 is 27.4 Å². The van der Waals surface area contributed by atoms with Gasteiger partial charge in [0.15, 0.2) is 0 Å². The number of thiophene rings is 1. The smallest absolute Gasteiger partial charge is 0.146 e. The van der Waals surface area contributed by atoms with Gasteiger partial charge in [0, 0.05) is 23.5 Å². The van der Waals surface area contributed by atoms with Crippen LogP contribution in [0.25, 0.3) is 10.2 Å². The van der Waals surface area contributed by atoms with Crippen LogP contribution in [0.1, 0.15) is 34.8 Å². The van der Waals surface area contributed by atoms with E-state index in [2.05, 4.69) is 37.1 Å². The number of nitrogens with one attached hydrogen (secondary N) is 1. The second kappa shape index (κ2) is 8.65. The second-order valence-corrected chi connectivity index (χ2v) is 8.65. The van der Waals surface area contributed by atoms with Gasteiger partial charge in [-0.15, -0.1) is 11.3 Å². The van der Waals surface area contributed by atoms with Gasteiger partial charge in [0.1, 0.15) is 22.2 Å². The minimum Gasteiger partial charge on any atom is -0.496 e. The molecule has 1 atom stereocenters. The molecule has 4 rings (SSSR count). The molecule has 3 heterocycles. The first-order valence-electron chi connectivity index (χ1n) is 10.0. The fraction of sp³-hybridized carbons (Fsp3) is 0.455. The van der Waals surface area contributed by atoms with Gasteiger partial charge in [0.2, 0.25) is 0 Å². The molecule has 0 unspecified atom stereocenters. The third-order valence-corrected chi connectivity index (χ3v) is 6.60. The van der Waals surface area contributed by atoms with Crippen molar-refractivity contribution in [2.75, 3.05) is 38.7 Å². The number of hydrogen-bond acceptors (Lipinski definition) is 7. The summed E-state index contributed by atoms with van der Waals surface area (Å²) in [6.45, 7) is 10.6. The van der Waals surface area contributed by atoms with E-state index in [9.17, 15) is 0 Å². The first kappa shape index (κ1) is 20.1. The number of morpholine rings is 1. The fourth-order valence-electron chi connectivity index (χ4n) is 3.74. The number of aromatic nitrogens is 2. The fourth-order valence-corrected chi connectivity index (χ4v) is 4.78. The molecule has 1 saturated heterocycles. The summed E-state index contributed by atoms with van der Waals surface area (Å²) in [4.78, 5) is 14.5. The molecule has 1 aliphatic heterocycles. The Hall–Kier alpha value is -2.22. The van der Waals surface area contributed by atoms with Gasteiger partial charge >= 0.3 is 0 Å². The Morgan fingerprint density at radius 3 is 2.72 bits per heavy atom. The first-order valence-corrected chi connectivity index (χ1v) is 10.8. The topological polar surface area (TPSA) is 59.5 Å². The molecule has 7 heteroatoms. The van der Waals surface area contributed by atoms with Crippen molar-refractivity contribution in [1.82, 2.24) is 14.9 Å². The Balaban J connectivity index is 1.69. The largest absolute Gasteiger partial charge is 0.496 e. The van der Waals surface area contributed by atoms with E-state index in [0.717, 1.165) is 66.0 Å². The highest BCUT2D eigenvalue weighted by Gasteiger charge is 2.20. The van der Waals surface area contributed by atoms with Crippen LogP contribution in [0.4, 0.5) is 5.82 Å². The van der Waals surface area contributed by atoms with Crippen LogP contribution in [0.15, 0.2) is 24.3 Å². The molecule has 2 aromatic heterocycles. The van der Waals surface area contributed by atoms with Gasteiger partial charge in [0.05, 0.1) is 38.3 Å². The Bertz CT molecular complexity index is 998. The molecule has 1 aromatic carbocycles. The summed E-state index contributed by atoms with van der Waals surface area (Å²) in [5.74, 6) is 2.64. The molecule has 0 spiro atoms. The maximum Gasteiger partial charge on any atom is 0.146 e. The van der Waals surface area contributed by atoms with E-state index in [1.165, 1.54) is 10.4 Å². The summed E-state index contributed by atoms with van der Waals surface area (Å²) in [7, 11) is 1.71. The van der Waals surface area contributed by atoms with E-state index in [-0.39, 0.29) is 6.04 Å². The monoisotopic (exact) mass is 412 g/mol. The summed E-state index contributed by atoms with van der Waals surface area (Å²) in [5, 5.41) is 4.77. The minimum absolute atomic E-state index is 0.0556. The summed E-state index contributed by atoms with van der Waals surface area (Å²) in [5.41, 5.74) is 2.36. The minimum atomic E-state index is 0.0556. The molecule has 3 aromatic rings. The zero-order chi connectivity index (χ0) is 20.4. The number of ether oxygens (including phenoxy) is 2. The van der Waals surface area contributed by atoms with E-state index in [1.54, 1.807) is 18.4 Å². The second-order valence-electron chi connectivity index (χ2n) is 7.45. The molecule has 0 radical (unpaired) electrons. The number of methoxy groups -OCH3 is 1. The van der Waals surface area contributed by atoms with E-state index >= 15 is 0 Å². The zero-order valence-electron chi connectivity index (χ0n) is 17.5. The predicted molar refractivity (Wildman–Crippen MR) is 118 cm³/mol. The molecular weight excluding hydrogens is 384 g/mol. The maximum absolute atomic E-state index is 5.55. The summed E-state index contributed by atoms with van der Waals surface area (Å²) in [6, 6.07) is 8.17. The van der Waals surface area contributed by atoms with Crippen molar-refractivity contribution in [3.63, 3.8) is 0 Å². The Labute approximate surface area is 175 Å². The zero-order valence-corrected chi connectivity index (χ0v) is 18.3. The number of anilines is 1. The maximum atomic E-state index is 5.55. The lowest BCUT2D eigenvalue weighted by Crippen LogP contribution is -2.36. The molecule has 0 bridgehead atoms. The molecule has 6 nitrogen and oxygen atoms in total. The number of fused-ring (bicyclic) bond motifs is 1. The molecule has 154 valence electrons. The lowest BCUT2D eigenvalue weighted by atomic mass is 10.1. The third-order valence-electron chi connectivity index (χ3n) is 5.50. The quantitative estimate of drug-likeness (QED) is 0.651. The summed E-state index contributed by atoms with van der Waals surface area (Å²) < 4.78 is 11.0. The van der Waals surface area contributed by atoms with E-state index in [1.807, 2.05) is 18.2 Å². The van der Waals surface area contributed by atoms with Gasteiger partial charge < -0.3 is 14.8 Å². The highest BCUT2D eigenvalue weighted by molar-refractivity contribution is 7.18. The van der Waals surface area contributed by atoms with Gasteiger partial charge in [-0.05, 0) is 32.4 Å². The van der Waals surface area contributed by atoms with E-state index in [4.69, 9.17) is 19.4 Å². The normalized spacial score (nSPS) is 16.1. The first-order chi connectivity index (χ1) is 14.1. The molecular formula is C22H28N4O2S. The van der Waals surface area contributed by atoms with Crippen LogP contribution < -0.4 is 10.1 Å². The lowest BCUT2D eigenvalue weighted by molar-refractivity contribution is 0.0331. The Morgan fingerprint density at radius 1 is 1.21 bits per heavy atom. The van der Waals surface area contributed by atoms with Gasteiger partial charge in [-0.25, -0.2) is 9.97 Å². The van der Waals surface area contributed by atoms with Crippen molar-refractivity contribution in [3.8, 4) is 5.75 Å². The van der Waals surface area contributed by atoms with Crippen LogP contribution in [0.2, 0.25) is 0 Å². The number of rotatable bonds is 6. The highest BCUT2D eigenvalue weighted by Crippen LogP contribution is 2.36. The molecule has 1 aliphatic rings. The number of nitrogens with zero attached hydrogens (tertiary/aromatic N) is 3. The predicted octanol–water partition coefficient (Wildman–Crippen LogP) is 4.32. The van der Waals surface area contributed by atoms with Gasteiger partial charge in [-0.2, -0.15) is 0 Å². The van der Waals surface area contributed by atoms with E-state index < -0.39 is 0 Å². The average molecular weight is 413 g/mol. The van der Waals surface area contributed by atoms with Gasteiger partial charge in [-0.3, -0.25) is 4.90 Å². The number of benzene rings is 1. The van der Waals surface area contributed by atoms with Crippen molar-refractivity contribution in [2.45, 2.75) is 33.4 Å². The molecule has 1 fully saturated rings. The standard InChI is InChI=1S/C22H28N4O2S/c1-14-16(3)29-22-20(14)21(23-15(2)17-7-5-6-8-18(17)27-4)24-19(25-22)13-26-9-11-28-12-10-26/h5-8,15H,9-13H2,1-4H3,(H,23,24,25)/t15-/m1/s1. The molecule has 29 heavy (non-hydrogen) atoms. The SMILES string of the molecule is COc1ccccc1[C@@H](C)Nc1nc(CN2CCOCC2)nc2sc(C)c(C)c12. The van der Waals surface area contributed by atoms with Gasteiger partial charge in [0.25, 0.3) is 0 Å². The van der Waals surface area contributed by atoms with E-state index in [0.29, 0.717) is 0 Å². The molecule has 1 N–H and O–H groups in total. The van der Waals surface area contributed by atoms with Crippen LogP contribution in [-0.2, 0) is 11.3 Å². The third kappa shape index (κ3) is 4.22. The summed E-state index contributed by atoms with van der Waals surface area (Å²) in [6.07, 6.45) is 0. The number of hydrogen-bond donors (Lipinski definition) is 1. The Kier molecular flexibility index (Phi) is 5.99. The number of aryl methyl sites for hydroxylation is 2. The lowest BCUT2D eigenvalue weighted by Gasteiger charge is -2.26. The van der Waals surface area contributed by atoms with Crippen LogP contribution in [-0.4, -0.2) is 48.3 Å². The molecule has 0 saturated carbocycles. The van der Waals surface area contributed by atoms with Crippen molar-refractivity contribution in [1.29, 1.82) is 0 Å². The Morgan fingerprint density at radius 2 is 1.97 bits per heavy atom. The van der Waals surface area contributed by atoms with Crippen LogP contribution in [0, 0.1) is 13.8 Å². The van der Waals surface area contributed by atoms with Crippen molar-refractivity contribution in [3.05, 3.63) is 46.1 Å². The van der Waals surface area contributed by atoms with Crippen LogP contribution >= 0.6 is 11.3 Å². The molecule has 0 aliphatic carbocycles. The van der Waals surface area contributed by atoms with Crippen LogP contribution in [0.3, 0.4) is 0 Å². The van der Waals surface area contributed by atoms with Crippen molar-refractivity contribution in [2.24, 2.45) is 0 Å². The average Bonchev–Trinajstić information content (AvgIpc) is 3.02. The van der Waals surface area contributed by atoms with Crippen LogP contribution in [0.5, 0.6) is 5.75 Å². The molecule has 0 amide bonds. The summed E-state index contributed by atoms with van der Waals surface area (Å²) >= 11 is 1.74. The van der Waals surface area contributed by atoms with Gasteiger partial charge in [-0.1, -0.05) is 18.2 Å². The number of para-hydroxylation sites is 1. The van der Waals surface area contributed by atoms with Crippen molar-refractivity contribution < 1.29 is 9.47 Å².